The fourth-order valence-electron chi connectivity index (χ4n) is 1.45. The number of carbonyl (C=O) groups is 1. The van der Waals surface area contributed by atoms with Crippen molar-refractivity contribution in [1.82, 2.24) is 9.88 Å². The summed E-state index contributed by atoms with van der Waals surface area (Å²) >= 11 is 0. The number of pyridine rings is 1. The Hall–Kier alpha value is -1.94. The summed E-state index contributed by atoms with van der Waals surface area (Å²) in [6, 6.07) is 3.14. The fourth-order valence-corrected chi connectivity index (χ4v) is 1.45. The third-order valence-electron chi connectivity index (χ3n) is 2.32. The molecule has 102 valence electrons. The van der Waals surface area contributed by atoms with E-state index >= 15 is 0 Å². The van der Waals surface area contributed by atoms with Gasteiger partial charge in [0.1, 0.15) is 12.3 Å². The van der Waals surface area contributed by atoms with Crippen molar-refractivity contribution in [1.29, 1.82) is 0 Å². The van der Waals surface area contributed by atoms with Crippen LogP contribution in [0.4, 0.5) is 0 Å². The van der Waals surface area contributed by atoms with Crippen LogP contribution in [0.3, 0.4) is 0 Å². The van der Waals surface area contributed by atoms with Crippen LogP contribution in [0.1, 0.15) is 16.1 Å². The Morgan fingerprint density at radius 2 is 1.89 bits per heavy atom. The number of amides is 1. The Bertz CT molecular complexity index is 456. The van der Waals surface area contributed by atoms with E-state index in [1.54, 1.807) is 6.07 Å². The van der Waals surface area contributed by atoms with Gasteiger partial charge in [0.25, 0.3) is 5.91 Å². The van der Waals surface area contributed by atoms with Crippen molar-refractivity contribution in [3.05, 3.63) is 29.6 Å². The summed E-state index contributed by atoms with van der Waals surface area (Å²) in [6.07, 6.45) is 1.44. The largest absolute Gasteiger partial charge is 0.395 e. The molecule has 0 radical (unpaired) electrons. The molecule has 1 rings (SSSR count). The van der Waals surface area contributed by atoms with Gasteiger partial charge in [-0.3, -0.25) is 4.79 Å². The third-order valence-corrected chi connectivity index (χ3v) is 2.32. The van der Waals surface area contributed by atoms with Gasteiger partial charge in [-0.15, -0.1) is 0 Å². The second-order valence-electron chi connectivity index (χ2n) is 3.63. The van der Waals surface area contributed by atoms with Gasteiger partial charge in [-0.2, -0.15) is 0 Å². The van der Waals surface area contributed by atoms with Crippen LogP contribution in [-0.4, -0.2) is 64.0 Å². The predicted octanol–water partition coefficient (Wildman–Crippen LogP) is -1.15. The first kappa shape index (κ1) is 15.1. The van der Waals surface area contributed by atoms with E-state index in [0.29, 0.717) is 5.56 Å². The second kappa shape index (κ2) is 8.21. The molecule has 0 aliphatic carbocycles. The topological polar surface area (TPSA) is 93.9 Å². The Kier molecular flexibility index (Phi) is 6.53. The van der Waals surface area contributed by atoms with Crippen molar-refractivity contribution in [2.75, 3.05) is 32.9 Å². The maximum absolute atomic E-state index is 12.0. The predicted molar refractivity (Wildman–Crippen MR) is 68.3 cm³/mol. The van der Waals surface area contributed by atoms with Gasteiger partial charge in [0.15, 0.2) is 0 Å². The number of aromatic nitrogens is 1. The van der Waals surface area contributed by atoms with Crippen LogP contribution in [0.5, 0.6) is 0 Å². The molecule has 0 aliphatic rings. The summed E-state index contributed by atoms with van der Waals surface area (Å²) in [6.45, 7) is -0.292. The maximum Gasteiger partial charge on any atom is 0.272 e. The van der Waals surface area contributed by atoms with Gasteiger partial charge in [0, 0.05) is 24.8 Å². The zero-order valence-electron chi connectivity index (χ0n) is 10.4. The molecular weight excluding hydrogens is 248 g/mol. The van der Waals surface area contributed by atoms with E-state index in [0.717, 1.165) is 0 Å². The van der Waals surface area contributed by atoms with Gasteiger partial charge in [-0.1, -0.05) is 11.8 Å². The number of nitrogens with zero attached hydrogens (tertiary/aromatic N) is 2. The maximum atomic E-state index is 12.0. The highest BCUT2D eigenvalue weighted by molar-refractivity contribution is 5.92. The van der Waals surface area contributed by atoms with Gasteiger partial charge < -0.3 is 20.2 Å². The molecule has 0 bridgehead atoms. The van der Waals surface area contributed by atoms with Crippen molar-refractivity contribution in [2.45, 2.75) is 0 Å². The normalized spacial score (nSPS) is 9.63. The summed E-state index contributed by atoms with van der Waals surface area (Å²) in [4.78, 5) is 17.3. The van der Waals surface area contributed by atoms with E-state index < -0.39 is 0 Å². The molecule has 6 nitrogen and oxygen atoms in total. The van der Waals surface area contributed by atoms with Gasteiger partial charge in [-0.25, -0.2) is 4.98 Å². The van der Waals surface area contributed by atoms with Crippen molar-refractivity contribution in [3.8, 4) is 11.8 Å². The highest BCUT2D eigenvalue weighted by Gasteiger charge is 2.15. The Balaban J connectivity index is 2.80. The smallest absolute Gasteiger partial charge is 0.272 e. The van der Waals surface area contributed by atoms with Crippen LogP contribution in [0.25, 0.3) is 0 Å². The molecule has 0 spiro atoms. The fraction of sp³-hybridized carbons (Fsp3) is 0.385. The summed E-state index contributed by atoms with van der Waals surface area (Å²) in [5.41, 5.74) is 0.818. The SMILES string of the molecule is O=C(c1ccc(C#CCO)cn1)N(CCO)CCO. The monoisotopic (exact) mass is 264 g/mol. The third kappa shape index (κ3) is 4.67. The van der Waals surface area contributed by atoms with Gasteiger partial charge in [-0.05, 0) is 12.1 Å². The minimum Gasteiger partial charge on any atom is -0.395 e. The molecule has 6 heteroatoms. The van der Waals surface area contributed by atoms with Crippen LogP contribution in [0, 0.1) is 11.8 Å². The van der Waals surface area contributed by atoms with Crippen molar-refractivity contribution in [2.24, 2.45) is 0 Å². The molecule has 0 aliphatic heterocycles. The Morgan fingerprint density at radius 1 is 1.21 bits per heavy atom. The molecule has 0 saturated carbocycles. The zero-order chi connectivity index (χ0) is 14.1. The lowest BCUT2D eigenvalue weighted by atomic mass is 10.2. The number of aliphatic hydroxyl groups is 3. The second-order valence-corrected chi connectivity index (χ2v) is 3.63. The summed E-state index contributed by atoms with van der Waals surface area (Å²) in [5, 5.41) is 26.3. The number of hydrogen-bond acceptors (Lipinski definition) is 5. The minimum atomic E-state index is -0.357. The Labute approximate surface area is 111 Å². The van der Waals surface area contributed by atoms with E-state index in [1.807, 2.05) is 0 Å². The lowest BCUT2D eigenvalue weighted by Gasteiger charge is -2.19. The molecule has 1 amide bonds. The molecule has 0 unspecified atom stereocenters. The van der Waals surface area contributed by atoms with Crippen LogP contribution < -0.4 is 0 Å². The van der Waals surface area contributed by atoms with Crippen molar-refractivity contribution in [3.63, 3.8) is 0 Å². The number of aliphatic hydroxyl groups excluding tert-OH is 3. The van der Waals surface area contributed by atoms with Crippen LogP contribution in [-0.2, 0) is 0 Å². The quantitative estimate of drug-likeness (QED) is 0.584. The van der Waals surface area contributed by atoms with Crippen molar-refractivity contribution >= 4 is 5.91 Å². The average Bonchev–Trinajstić information content (AvgIpc) is 2.44. The lowest BCUT2D eigenvalue weighted by Crippen LogP contribution is -2.36. The molecule has 0 atom stereocenters. The summed E-state index contributed by atoms with van der Waals surface area (Å²) < 4.78 is 0. The number of rotatable bonds is 5. The molecule has 1 heterocycles. The van der Waals surface area contributed by atoms with Gasteiger partial charge in [0.05, 0.1) is 13.2 Å². The first-order valence-corrected chi connectivity index (χ1v) is 5.79. The van der Waals surface area contributed by atoms with E-state index in [2.05, 4.69) is 16.8 Å². The first-order valence-electron chi connectivity index (χ1n) is 5.79. The van der Waals surface area contributed by atoms with Crippen LogP contribution >= 0.6 is 0 Å². The number of carbonyl (C=O) groups excluding carboxylic acids is 1. The van der Waals surface area contributed by atoms with E-state index in [4.69, 9.17) is 15.3 Å². The first-order chi connectivity index (χ1) is 9.22. The molecular formula is C13H16N2O4. The molecule has 0 aromatic carbocycles. The molecule has 1 aromatic heterocycles. The van der Waals surface area contributed by atoms with Gasteiger partial charge in [0.2, 0.25) is 0 Å². The van der Waals surface area contributed by atoms with E-state index in [9.17, 15) is 4.79 Å². The summed E-state index contributed by atoms with van der Waals surface area (Å²) in [5.74, 6) is 4.80. The average molecular weight is 264 g/mol. The molecule has 19 heavy (non-hydrogen) atoms. The standard InChI is InChI=1S/C13H16N2O4/c16-7-1-2-11-3-4-12(14-10-11)13(19)15(5-8-17)6-9-18/h3-4,10,16-18H,5-9H2. The van der Waals surface area contributed by atoms with E-state index in [1.165, 1.54) is 17.2 Å². The molecule has 3 N–H and O–H groups in total. The lowest BCUT2D eigenvalue weighted by molar-refractivity contribution is 0.0679. The zero-order valence-corrected chi connectivity index (χ0v) is 10.4. The highest BCUT2D eigenvalue weighted by Crippen LogP contribution is 2.03. The molecule has 0 fully saturated rings. The van der Waals surface area contributed by atoms with E-state index in [-0.39, 0.29) is 44.5 Å². The number of hydrogen-bond donors (Lipinski definition) is 3. The van der Waals surface area contributed by atoms with Gasteiger partial charge >= 0.3 is 0 Å². The molecule has 1 aromatic rings. The molecule has 0 saturated heterocycles. The Morgan fingerprint density at radius 3 is 2.37 bits per heavy atom. The van der Waals surface area contributed by atoms with Crippen molar-refractivity contribution < 1.29 is 20.1 Å². The van der Waals surface area contributed by atoms with Crippen LogP contribution in [0.15, 0.2) is 18.3 Å². The van der Waals surface area contributed by atoms with Crippen LogP contribution in [0.2, 0.25) is 0 Å². The minimum absolute atomic E-state index is 0.146. The summed E-state index contributed by atoms with van der Waals surface area (Å²) in [7, 11) is 0. The highest BCUT2D eigenvalue weighted by atomic mass is 16.3.